The first-order chi connectivity index (χ1) is 16.6. The highest BCUT2D eigenvalue weighted by molar-refractivity contribution is 7.99. The van der Waals surface area contributed by atoms with Crippen LogP contribution in [0.25, 0.3) is 10.8 Å². The number of aryl methyl sites for hydroxylation is 1. The van der Waals surface area contributed by atoms with Gasteiger partial charge in [0.25, 0.3) is 5.56 Å². The van der Waals surface area contributed by atoms with E-state index < -0.39 is 6.04 Å². The molecule has 3 heterocycles. The maximum absolute atomic E-state index is 13.4. The number of anilines is 1. The third kappa shape index (κ3) is 3.82. The van der Waals surface area contributed by atoms with Gasteiger partial charge >= 0.3 is 0 Å². The molecule has 170 valence electrons. The van der Waals surface area contributed by atoms with Crippen LogP contribution >= 0.6 is 11.8 Å². The monoisotopic (exact) mass is 467 g/mol. The van der Waals surface area contributed by atoms with Crippen LogP contribution in [0, 0.1) is 6.92 Å². The molecule has 2 aromatic heterocycles. The molecule has 6 heteroatoms. The lowest BCUT2D eigenvalue weighted by atomic mass is 9.95. The number of nitrogens with zero attached hydrogens (tertiary/aromatic N) is 2. The second kappa shape index (κ2) is 8.44. The summed E-state index contributed by atoms with van der Waals surface area (Å²) in [5, 5.41) is 6.32. The van der Waals surface area contributed by atoms with Crippen LogP contribution in [0.4, 0.5) is 5.82 Å². The van der Waals surface area contributed by atoms with E-state index in [0.29, 0.717) is 17.5 Å². The highest BCUT2D eigenvalue weighted by Gasteiger charge is 2.37. The number of benzene rings is 2. The highest BCUT2D eigenvalue weighted by atomic mass is 32.2. The molecule has 5 nitrogen and oxygen atoms in total. The van der Waals surface area contributed by atoms with E-state index in [1.165, 1.54) is 21.9 Å². The molecule has 0 spiro atoms. The predicted octanol–water partition coefficient (Wildman–Crippen LogP) is 5.46. The molecule has 2 aliphatic rings. The van der Waals surface area contributed by atoms with Crippen LogP contribution in [0.1, 0.15) is 47.2 Å². The topological polar surface area (TPSA) is 64.0 Å². The van der Waals surface area contributed by atoms with Crippen molar-refractivity contribution in [2.75, 3.05) is 11.1 Å². The normalized spacial score (nSPS) is 17.0. The maximum atomic E-state index is 13.4. The lowest BCUT2D eigenvalue weighted by Gasteiger charge is -2.18. The lowest BCUT2D eigenvalue weighted by molar-refractivity contribution is -0.118. The van der Waals surface area contributed by atoms with E-state index in [9.17, 15) is 9.59 Å². The van der Waals surface area contributed by atoms with Crippen LogP contribution in [0.15, 0.2) is 76.6 Å². The van der Waals surface area contributed by atoms with Crippen molar-refractivity contribution in [3.05, 3.63) is 99.5 Å². The standard InChI is InChI=1S/C28H25N3O2S/c1-17-6-4-11-24(29-17)30-27(33)23-16-34-28-26(19-12-13-19)21(15-25(32)31(23)28)14-20-9-5-8-18-7-2-3-10-22(18)20/h2-11,15,19,23H,12-14,16H2,1H3,(H,29,30,33). The molecule has 1 amide bonds. The summed E-state index contributed by atoms with van der Waals surface area (Å²) in [6.07, 6.45) is 3.00. The average Bonchev–Trinajstić information content (AvgIpc) is 3.56. The van der Waals surface area contributed by atoms with Crippen molar-refractivity contribution in [2.45, 2.75) is 43.2 Å². The molecule has 1 saturated carbocycles. The molecule has 1 unspecified atom stereocenters. The molecule has 1 aliphatic heterocycles. The van der Waals surface area contributed by atoms with E-state index >= 15 is 0 Å². The zero-order valence-corrected chi connectivity index (χ0v) is 19.8. The van der Waals surface area contributed by atoms with Crippen molar-refractivity contribution < 1.29 is 4.79 Å². The van der Waals surface area contributed by atoms with E-state index in [0.717, 1.165) is 35.5 Å². The number of nitrogens with one attached hydrogen (secondary N) is 1. The second-order valence-electron chi connectivity index (χ2n) is 9.17. The highest BCUT2D eigenvalue weighted by Crippen LogP contribution is 2.48. The number of carbonyl (C=O) groups is 1. The lowest BCUT2D eigenvalue weighted by Crippen LogP contribution is -2.33. The summed E-state index contributed by atoms with van der Waals surface area (Å²) in [5.41, 5.74) is 4.33. The van der Waals surface area contributed by atoms with Gasteiger partial charge in [-0.2, -0.15) is 0 Å². The van der Waals surface area contributed by atoms with Crippen LogP contribution in [-0.4, -0.2) is 21.2 Å². The molecule has 34 heavy (non-hydrogen) atoms. The Bertz CT molecular complexity index is 1480. The predicted molar refractivity (Wildman–Crippen MR) is 137 cm³/mol. The van der Waals surface area contributed by atoms with Crippen molar-refractivity contribution in [3.63, 3.8) is 0 Å². The number of carbonyl (C=O) groups excluding carboxylic acids is 1. The zero-order valence-electron chi connectivity index (χ0n) is 19.0. The third-order valence-corrected chi connectivity index (χ3v) is 7.88. The zero-order chi connectivity index (χ0) is 23.2. The minimum Gasteiger partial charge on any atom is -0.309 e. The number of hydrogen-bond acceptors (Lipinski definition) is 4. The van der Waals surface area contributed by atoms with Gasteiger partial charge < -0.3 is 5.32 Å². The van der Waals surface area contributed by atoms with Gasteiger partial charge in [-0.1, -0.05) is 48.5 Å². The number of amides is 1. The number of fused-ring (bicyclic) bond motifs is 2. The van der Waals surface area contributed by atoms with Crippen molar-refractivity contribution in [1.82, 2.24) is 9.55 Å². The maximum Gasteiger partial charge on any atom is 0.252 e. The Labute approximate surface area is 202 Å². The summed E-state index contributed by atoms with van der Waals surface area (Å²) in [7, 11) is 0. The fourth-order valence-corrected chi connectivity index (χ4v) is 6.39. The Hall–Kier alpha value is -3.38. The molecule has 0 bridgehead atoms. The summed E-state index contributed by atoms with van der Waals surface area (Å²) < 4.78 is 1.72. The molecule has 1 fully saturated rings. The summed E-state index contributed by atoms with van der Waals surface area (Å²) >= 11 is 1.64. The first kappa shape index (κ1) is 21.2. The summed E-state index contributed by atoms with van der Waals surface area (Å²) in [6.45, 7) is 1.89. The quantitative estimate of drug-likeness (QED) is 0.423. The Balaban J connectivity index is 1.38. The van der Waals surface area contributed by atoms with Crippen molar-refractivity contribution in [1.29, 1.82) is 0 Å². The minimum absolute atomic E-state index is 0.100. The van der Waals surface area contributed by atoms with E-state index in [2.05, 4.69) is 52.8 Å². The largest absolute Gasteiger partial charge is 0.309 e. The summed E-state index contributed by atoms with van der Waals surface area (Å²) in [6, 6.07) is 21.5. The molecule has 2 aromatic carbocycles. The first-order valence-corrected chi connectivity index (χ1v) is 12.7. The van der Waals surface area contributed by atoms with Crippen LogP contribution in [0.2, 0.25) is 0 Å². The molecular weight excluding hydrogens is 442 g/mol. The average molecular weight is 468 g/mol. The number of thioether (sulfide) groups is 1. The number of pyridine rings is 2. The van der Waals surface area contributed by atoms with Crippen LogP contribution in [-0.2, 0) is 11.2 Å². The van der Waals surface area contributed by atoms with Gasteiger partial charge in [0, 0.05) is 17.5 Å². The number of hydrogen-bond donors (Lipinski definition) is 1. The Kier molecular flexibility index (Phi) is 5.26. The second-order valence-corrected chi connectivity index (χ2v) is 10.2. The van der Waals surface area contributed by atoms with Gasteiger partial charge in [0.1, 0.15) is 11.9 Å². The molecule has 0 radical (unpaired) electrons. The van der Waals surface area contributed by atoms with Crippen LogP contribution < -0.4 is 10.9 Å². The van der Waals surface area contributed by atoms with Crippen LogP contribution in [0.3, 0.4) is 0 Å². The molecular formula is C28H25N3O2S. The Morgan fingerprint density at radius 3 is 2.68 bits per heavy atom. The van der Waals surface area contributed by atoms with Gasteiger partial charge in [0.05, 0.1) is 5.03 Å². The smallest absolute Gasteiger partial charge is 0.252 e. The van der Waals surface area contributed by atoms with Gasteiger partial charge in [-0.25, -0.2) is 4.98 Å². The van der Waals surface area contributed by atoms with Crippen molar-refractivity contribution in [2.24, 2.45) is 0 Å². The number of aromatic nitrogens is 2. The van der Waals surface area contributed by atoms with Crippen LogP contribution in [0.5, 0.6) is 0 Å². The first-order valence-electron chi connectivity index (χ1n) is 11.7. The van der Waals surface area contributed by atoms with Gasteiger partial charge in [-0.05, 0) is 71.7 Å². The van der Waals surface area contributed by atoms with E-state index in [-0.39, 0.29) is 11.5 Å². The fraction of sp³-hybridized carbons (Fsp3) is 0.250. The SMILES string of the molecule is Cc1cccc(NC(=O)C2CSc3c(C4CC4)c(Cc4cccc5ccccc45)cc(=O)n32)n1. The van der Waals surface area contributed by atoms with Gasteiger partial charge in [-0.15, -0.1) is 11.8 Å². The van der Waals surface area contributed by atoms with E-state index in [1.54, 1.807) is 28.5 Å². The summed E-state index contributed by atoms with van der Waals surface area (Å²) in [5.74, 6) is 1.37. The molecule has 4 aromatic rings. The minimum atomic E-state index is -0.529. The molecule has 1 aliphatic carbocycles. The Morgan fingerprint density at radius 1 is 1.06 bits per heavy atom. The van der Waals surface area contributed by atoms with Crippen molar-refractivity contribution in [3.8, 4) is 0 Å². The Morgan fingerprint density at radius 2 is 1.85 bits per heavy atom. The molecule has 0 saturated heterocycles. The van der Waals surface area contributed by atoms with E-state index in [4.69, 9.17) is 0 Å². The van der Waals surface area contributed by atoms with Gasteiger partial charge in [0.15, 0.2) is 0 Å². The third-order valence-electron chi connectivity index (χ3n) is 6.71. The summed E-state index contributed by atoms with van der Waals surface area (Å²) in [4.78, 5) is 30.9. The molecule has 1 atom stereocenters. The van der Waals surface area contributed by atoms with Gasteiger partial charge in [-0.3, -0.25) is 14.2 Å². The van der Waals surface area contributed by atoms with Crippen molar-refractivity contribution >= 4 is 34.3 Å². The van der Waals surface area contributed by atoms with E-state index in [1.807, 2.05) is 19.1 Å². The molecule has 6 rings (SSSR count). The molecule has 1 N–H and O–H groups in total. The number of rotatable bonds is 5. The van der Waals surface area contributed by atoms with Gasteiger partial charge in [0.2, 0.25) is 5.91 Å². The fourth-order valence-electron chi connectivity index (χ4n) is 4.96.